The molecule has 5 nitrogen and oxygen atoms in total. The molecular formula is C20H20ClFN4OS. The highest BCUT2D eigenvalue weighted by molar-refractivity contribution is 7.20. The highest BCUT2D eigenvalue weighted by atomic mass is 35.5. The summed E-state index contributed by atoms with van der Waals surface area (Å²) in [6, 6.07) is 4.12. The molecule has 0 saturated carbocycles. The van der Waals surface area contributed by atoms with Crippen molar-refractivity contribution in [3.05, 3.63) is 45.8 Å². The van der Waals surface area contributed by atoms with Crippen LogP contribution in [0.4, 0.5) is 15.9 Å². The Kier molecular flexibility index (Phi) is 5.21. The molecule has 0 bridgehead atoms. The summed E-state index contributed by atoms with van der Waals surface area (Å²) in [7, 11) is 0. The molecule has 4 rings (SSSR count). The molecule has 0 unspecified atom stereocenters. The summed E-state index contributed by atoms with van der Waals surface area (Å²) in [5.41, 5.74) is 1.31. The van der Waals surface area contributed by atoms with E-state index in [4.69, 9.17) is 11.6 Å². The fraction of sp³-hybridized carbons (Fsp3) is 0.350. The zero-order valence-electron chi connectivity index (χ0n) is 15.6. The van der Waals surface area contributed by atoms with Gasteiger partial charge in [0.15, 0.2) is 0 Å². The molecule has 28 heavy (non-hydrogen) atoms. The van der Waals surface area contributed by atoms with Crippen LogP contribution in [0, 0.1) is 18.7 Å². The number of amides is 1. The van der Waals surface area contributed by atoms with Gasteiger partial charge in [0.25, 0.3) is 5.91 Å². The molecule has 0 radical (unpaired) electrons. The summed E-state index contributed by atoms with van der Waals surface area (Å²) in [4.78, 5) is 25.4. The minimum Gasteiger partial charge on any atom is -0.356 e. The number of thiophene rings is 1. The number of aryl methyl sites for hydroxylation is 1. The molecule has 2 aromatic heterocycles. The van der Waals surface area contributed by atoms with E-state index in [0.717, 1.165) is 53.4 Å². The molecule has 1 aliphatic rings. The molecule has 1 N–H and O–H groups in total. The molecule has 8 heteroatoms. The lowest BCUT2D eigenvalue weighted by molar-refractivity contribution is 0.103. The third kappa shape index (κ3) is 3.56. The number of fused-ring (bicyclic) bond motifs is 1. The highest BCUT2D eigenvalue weighted by Crippen LogP contribution is 2.36. The van der Waals surface area contributed by atoms with E-state index >= 15 is 0 Å². The maximum Gasteiger partial charge on any atom is 0.266 e. The van der Waals surface area contributed by atoms with Crippen molar-refractivity contribution < 1.29 is 9.18 Å². The van der Waals surface area contributed by atoms with Crippen molar-refractivity contribution in [3.8, 4) is 0 Å². The van der Waals surface area contributed by atoms with Crippen LogP contribution in [0.3, 0.4) is 0 Å². The van der Waals surface area contributed by atoms with Gasteiger partial charge < -0.3 is 10.2 Å². The molecule has 3 heterocycles. The predicted octanol–water partition coefficient (Wildman–Crippen LogP) is 5.28. The Morgan fingerprint density at radius 1 is 1.32 bits per heavy atom. The molecular weight excluding hydrogens is 399 g/mol. The van der Waals surface area contributed by atoms with E-state index in [9.17, 15) is 9.18 Å². The smallest absolute Gasteiger partial charge is 0.266 e. The fourth-order valence-corrected chi connectivity index (χ4v) is 4.71. The number of piperidine rings is 1. The number of nitrogens with zero attached hydrogens (tertiary/aromatic N) is 3. The van der Waals surface area contributed by atoms with E-state index in [-0.39, 0.29) is 10.9 Å². The summed E-state index contributed by atoms with van der Waals surface area (Å²) in [5, 5.41) is 3.70. The number of rotatable bonds is 3. The van der Waals surface area contributed by atoms with Gasteiger partial charge in [0, 0.05) is 18.8 Å². The normalized spacial score (nSPS) is 15.2. The van der Waals surface area contributed by atoms with Crippen LogP contribution in [0.2, 0.25) is 5.02 Å². The summed E-state index contributed by atoms with van der Waals surface area (Å²) in [6.45, 7) is 6.11. The minimum absolute atomic E-state index is 0.0293. The molecule has 1 saturated heterocycles. The fourth-order valence-electron chi connectivity index (χ4n) is 3.49. The second-order valence-electron chi connectivity index (χ2n) is 7.19. The first kappa shape index (κ1) is 19.1. The topological polar surface area (TPSA) is 58.1 Å². The molecule has 146 valence electrons. The Balaban J connectivity index is 1.66. The maximum atomic E-state index is 13.3. The second-order valence-corrected chi connectivity index (χ2v) is 8.59. The average Bonchev–Trinajstić information content (AvgIpc) is 3.02. The van der Waals surface area contributed by atoms with Gasteiger partial charge in [-0.2, -0.15) is 0 Å². The number of aromatic nitrogens is 2. The summed E-state index contributed by atoms with van der Waals surface area (Å²) in [6.07, 6.45) is 3.83. The van der Waals surface area contributed by atoms with Gasteiger partial charge in [-0.1, -0.05) is 18.5 Å². The van der Waals surface area contributed by atoms with Crippen molar-refractivity contribution in [1.29, 1.82) is 0 Å². The first-order valence-corrected chi connectivity index (χ1v) is 10.4. The van der Waals surface area contributed by atoms with Crippen LogP contribution in [0.25, 0.3) is 10.2 Å². The first-order chi connectivity index (χ1) is 13.4. The van der Waals surface area contributed by atoms with Crippen molar-refractivity contribution >= 4 is 50.6 Å². The number of carbonyl (C=O) groups excluding carboxylic acids is 1. The van der Waals surface area contributed by atoms with Gasteiger partial charge in [0.05, 0.1) is 15.3 Å². The lowest BCUT2D eigenvalue weighted by atomic mass is 9.99. The van der Waals surface area contributed by atoms with Crippen LogP contribution in [0.5, 0.6) is 0 Å². The molecule has 1 amide bonds. The van der Waals surface area contributed by atoms with E-state index < -0.39 is 5.82 Å². The molecule has 0 aliphatic carbocycles. The quantitative estimate of drug-likeness (QED) is 0.628. The number of halogens is 2. The Hall–Kier alpha value is -2.25. The number of hydrogen-bond acceptors (Lipinski definition) is 5. The van der Waals surface area contributed by atoms with Crippen LogP contribution >= 0.6 is 22.9 Å². The lowest BCUT2D eigenvalue weighted by Gasteiger charge is -2.31. The summed E-state index contributed by atoms with van der Waals surface area (Å²) >= 11 is 7.15. The van der Waals surface area contributed by atoms with Crippen LogP contribution < -0.4 is 10.2 Å². The third-order valence-corrected chi connectivity index (χ3v) is 6.66. The lowest BCUT2D eigenvalue weighted by Crippen LogP contribution is -2.33. The predicted molar refractivity (Wildman–Crippen MR) is 112 cm³/mol. The van der Waals surface area contributed by atoms with Gasteiger partial charge >= 0.3 is 0 Å². The monoisotopic (exact) mass is 418 g/mol. The second kappa shape index (κ2) is 7.64. The standard InChI is InChI=1S/C20H20ClFN4OS/c1-11-5-7-26(8-6-11)18-16-12(2)17(28-20(16)24-10-23-18)19(27)25-13-3-4-15(22)14(21)9-13/h3-4,9-11H,5-8H2,1-2H3,(H,25,27). The molecule has 3 aromatic rings. The van der Waals surface area contributed by atoms with E-state index in [0.29, 0.717) is 10.6 Å². The van der Waals surface area contributed by atoms with Crippen LogP contribution in [-0.4, -0.2) is 29.0 Å². The largest absolute Gasteiger partial charge is 0.356 e. The average molecular weight is 419 g/mol. The zero-order valence-corrected chi connectivity index (χ0v) is 17.2. The highest BCUT2D eigenvalue weighted by Gasteiger charge is 2.24. The first-order valence-electron chi connectivity index (χ1n) is 9.19. The number of anilines is 2. The van der Waals surface area contributed by atoms with Gasteiger partial charge in [-0.15, -0.1) is 11.3 Å². The van der Waals surface area contributed by atoms with Crippen molar-refractivity contribution in [3.63, 3.8) is 0 Å². The van der Waals surface area contributed by atoms with E-state index in [1.807, 2.05) is 6.92 Å². The summed E-state index contributed by atoms with van der Waals surface area (Å²) in [5.74, 6) is 0.838. The Morgan fingerprint density at radius 2 is 2.07 bits per heavy atom. The summed E-state index contributed by atoms with van der Waals surface area (Å²) < 4.78 is 13.3. The van der Waals surface area contributed by atoms with Gasteiger partial charge in [0.2, 0.25) is 0 Å². The van der Waals surface area contributed by atoms with Crippen molar-refractivity contribution in [1.82, 2.24) is 9.97 Å². The van der Waals surface area contributed by atoms with Crippen LogP contribution in [0.15, 0.2) is 24.5 Å². The Bertz CT molecular complexity index is 1050. The van der Waals surface area contributed by atoms with Crippen molar-refractivity contribution in [2.75, 3.05) is 23.3 Å². The number of benzene rings is 1. The third-order valence-electron chi connectivity index (χ3n) is 5.17. The van der Waals surface area contributed by atoms with Crippen LogP contribution in [-0.2, 0) is 0 Å². The molecule has 0 spiro atoms. The van der Waals surface area contributed by atoms with Crippen molar-refractivity contribution in [2.24, 2.45) is 5.92 Å². The Labute approximate surface area is 171 Å². The molecule has 0 atom stereocenters. The van der Waals surface area contributed by atoms with Crippen LogP contribution in [0.1, 0.15) is 35.0 Å². The minimum atomic E-state index is -0.520. The number of carbonyl (C=O) groups is 1. The van der Waals surface area contributed by atoms with E-state index in [2.05, 4.69) is 27.1 Å². The number of hydrogen-bond donors (Lipinski definition) is 1. The van der Waals surface area contributed by atoms with Gasteiger partial charge in [-0.25, -0.2) is 14.4 Å². The number of nitrogens with one attached hydrogen (secondary N) is 1. The van der Waals surface area contributed by atoms with Gasteiger partial charge in [-0.3, -0.25) is 4.79 Å². The van der Waals surface area contributed by atoms with E-state index in [1.165, 1.54) is 29.5 Å². The van der Waals surface area contributed by atoms with Gasteiger partial charge in [-0.05, 0) is 49.4 Å². The van der Waals surface area contributed by atoms with E-state index in [1.54, 1.807) is 6.33 Å². The Morgan fingerprint density at radius 3 is 2.79 bits per heavy atom. The molecule has 1 aliphatic heterocycles. The van der Waals surface area contributed by atoms with Gasteiger partial charge in [0.1, 0.15) is 22.8 Å². The molecule has 1 aromatic carbocycles. The van der Waals surface area contributed by atoms with Crippen molar-refractivity contribution in [2.45, 2.75) is 26.7 Å². The maximum absolute atomic E-state index is 13.3. The molecule has 1 fully saturated rings. The zero-order chi connectivity index (χ0) is 19.8. The SMILES string of the molecule is Cc1c(C(=O)Nc2ccc(F)c(Cl)c2)sc2ncnc(N3CCC(C)CC3)c12.